The number of allylic oxidation sites excluding steroid dienone is 4. The van der Waals surface area contributed by atoms with E-state index in [9.17, 15) is 4.79 Å². The van der Waals surface area contributed by atoms with Gasteiger partial charge in [-0.25, -0.2) is 4.99 Å². The van der Waals surface area contributed by atoms with Gasteiger partial charge in [0.05, 0.1) is 23.2 Å². The van der Waals surface area contributed by atoms with Crippen molar-refractivity contribution >= 4 is 29.4 Å². The van der Waals surface area contributed by atoms with Crippen LogP contribution in [-0.4, -0.2) is 33.2 Å². The Labute approximate surface area is 181 Å². The Bertz CT molecular complexity index is 1310. The molecule has 0 fully saturated rings. The van der Waals surface area contributed by atoms with Crippen LogP contribution < -0.4 is 10.7 Å². The van der Waals surface area contributed by atoms with Crippen molar-refractivity contribution < 1.29 is 4.79 Å². The van der Waals surface area contributed by atoms with Crippen molar-refractivity contribution in [3.8, 4) is 0 Å². The van der Waals surface area contributed by atoms with E-state index in [2.05, 4.69) is 52.5 Å². The third-order valence-corrected chi connectivity index (χ3v) is 5.82. The molecule has 2 aromatic rings. The third-order valence-electron chi connectivity index (χ3n) is 5.82. The smallest absolute Gasteiger partial charge is 0.135 e. The van der Waals surface area contributed by atoms with Gasteiger partial charge in [0.25, 0.3) is 0 Å². The Kier molecular flexibility index (Phi) is 5.02. The Morgan fingerprint density at radius 1 is 1.10 bits per heavy atom. The number of aromatic nitrogens is 2. The van der Waals surface area contributed by atoms with Gasteiger partial charge in [-0.15, -0.1) is 0 Å². The molecule has 2 aromatic heterocycles. The monoisotopic (exact) mass is 410 g/mol. The fourth-order valence-corrected chi connectivity index (χ4v) is 4.09. The molecule has 0 spiro atoms. The van der Waals surface area contributed by atoms with Gasteiger partial charge in [0.2, 0.25) is 0 Å². The van der Waals surface area contributed by atoms with Crippen molar-refractivity contribution in [3.05, 3.63) is 81.9 Å². The van der Waals surface area contributed by atoms with Crippen LogP contribution in [0.4, 0.5) is 0 Å². The SMILES string of the molecule is CC(C)C(=O)CCc1c/c2[nH]/c1=C\C1=NC(=C\C3=NC(C=C3)Cc3ccc([nH]3)\C=2)/C=C1. The van der Waals surface area contributed by atoms with Crippen LogP contribution in [0.1, 0.15) is 37.2 Å². The van der Waals surface area contributed by atoms with Gasteiger partial charge in [-0.2, -0.15) is 0 Å². The minimum atomic E-state index is 0.0614. The quantitative estimate of drug-likeness (QED) is 0.799. The average molecular weight is 411 g/mol. The first-order chi connectivity index (χ1) is 15.0. The van der Waals surface area contributed by atoms with E-state index in [1.165, 1.54) is 0 Å². The first-order valence-electron chi connectivity index (χ1n) is 10.9. The number of hydrogen-bond donors (Lipinski definition) is 2. The average Bonchev–Trinajstić information content (AvgIpc) is 3.51. The Morgan fingerprint density at radius 2 is 2.00 bits per heavy atom. The van der Waals surface area contributed by atoms with E-state index in [0.29, 0.717) is 12.8 Å². The molecule has 0 saturated carbocycles. The molecule has 0 saturated heterocycles. The van der Waals surface area contributed by atoms with Crippen molar-refractivity contribution in [3.63, 3.8) is 0 Å². The zero-order valence-corrected chi connectivity index (χ0v) is 17.9. The number of carbonyl (C=O) groups excluding carboxylic acids is 1. The molecule has 1 unspecified atom stereocenters. The number of aryl methyl sites for hydroxylation is 1. The highest BCUT2D eigenvalue weighted by atomic mass is 16.1. The summed E-state index contributed by atoms with van der Waals surface area (Å²) >= 11 is 0. The second-order valence-corrected chi connectivity index (χ2v) is 8.64. The number of nitrogens with zero attached hydrogens (tertiary/aromatic N) is 2. The predicted molar refractivity (Wildman–Crippen MR) is 126 cm³/mol. The fraction of sp³-hybridized carbons (Fsp3) is 0.269. The summed E-state index contributed by atoms with van der Waals surface area (Å²) < 4.78 is 0. The molecular weight excluding hydrogens is 384 g/mol. The van der Waals surface area contributed by atoms with E-state index in [-0.39, 0.29) is 17.7 Å². The van der Waals surface area contributed by atoms with Crippen molar-refractivity contribution in [1.29, 1.82) is 0 Å². The molecule has 0 aliphatic carbocycles. The number of fused-ring (bicyclic) bond motifs is 6. The highest BCUT2D eigenvalue weighted by Crippen LogP contribution is 2.16. The molecule has 5 nitrogen and oxygen atoms in total. The minimum absolute atomic E-state index is 0.0614. The number of Topliss-reactive ketones (excluding diaryl/α,β-unsaturated/α-hetero) is 1. The largest absolute Gasteiger partial charge is 0.359 e. The minimum Gasteiger partial charge on any atom is -0.359 e. The molecule has 31 heavy (non-hydrogen) atoms. The molecule has 0 amide bonds. The molecule has 8 bridgehead atoms. The number of H-pyrrole nitrogens is 2. The van der Waals surface area contributed by atoms with Crippen LogP contribution in [0, 0.1) is 5.92 Å². The summed E-state index contributed by atoms with van der Waals surface area (Å²) in [4.78, 5) is 28.7. The van der Waals surface area contributed by atoms with Crippen LogP contribution in [0.2, 0.25) is 0 Å². The lowest BCUT2D eigenvalue weighted by atomic mass is 10.0. The van der Waals surface area contributed by atoms with Gasteiger partial charge in [-0.05, 0) is 66.6 Å². The highest BCUT2D eigenvalue weighted by Gasteiger charge is 2.14. The molecule has 1 atom stereocenters. The van der Waals surface area contributed by atoms with Crippen LogP contribution in [0.3, 0.4) is 0 Å². The van der Waals surface area contributed by atoms with Crippen molar-refractivity contribution in [2.24, 2.45) is 15.9 Å². The van der Waals surface area contributed by atoms with E-state index in [4.69, 9.17) is 9.98 Å². The summed E-state index contributed by atoms with van der Waals surface area (Å²) in [6, 6.07) is 6.51. The van der Waals surface area contributed by atoms with Crippen molar-refractivity contribution in [1.82, 2.24) is 9.97 Å². The van der Waals surface area contributed by atoms with Crippen LogP contribution in [0.5, 0.6) is 0 Å². The molecular formula is C26H26N4O. The first kappa shape index (κ1) is 19.5. The first-order valence-corrected chi connectivity index (χ1v) is 10.9. The summed E-state index contributed by atoms with van der Waals surface area (Å²) in [5, 5.41) is 2.02. The molecule has 5 rings (SSSR count). The Hall–Kier alpha value is -3.47. The van der Waals surface area contributed by atoms with Crippen LogP contribution in [0.25, 0.3) is 12.2 Å². The molecule has 3 aliphatic heterocycles. The maximum Gasteiger partial charge on any atom is 0.135 e. The maximum atomic E-state index is 12.2. The van der Waals surface area contributed by atoms with Crippen molar-refractivity contribution in [2.75, 3.05) is 0 Å². The van der Waals surface area contributed by atoms with Crippen molar-refractivity contribution in [2.45, 2.75) is 39.2 Å². The van der Waals surface area contributed by atoms with E-state index >= 15 is 0 Å². The molecule has 5 heterocycles. The summed E-state index contributed by atoms with van der Waals surface area (Å²) in [6.45, 7) is 3.92. The lowest BCUT2D eigenvalue weighted by molar-refractivity contribution is -0.121. The standard InChI is InChI=1S/C26H26N4O/c1-16(2)26(31)10-3-17-11-24-14-22-7-6-20(28-22)12-18-4-5-19(27-18)13-21-8-9-23(29-21)15-25(17)30-24/h4-9,11,13-16,18,28,30H,3,10,12H2,1-2H3/b21-13-,24-14-,25-15-. The lowest BCUT2D eigenvalue weighted by Gasteiger charge is -2.02. The van der Waals surface area contributed by atoms with E-state index < -0.39 is 0 Å². The van der Waals surface area contributed by atoms with Gasteiger partial charge in [0.1, 0.15) is 5.78 Å². The Balaban J connectivity index is 1.59. The van der Waals surface area contributed by atoms with Gasteiger partial charge >= 0.3 is 0 Å². The molecule has 3 aliphatic rings. The van der Waals surface area contributed by atoms with Crippen LogP contribution >= 0.6 is 0 Å². The van der Waals surface area contributed by atoms with Gasteiger partial charge in [-0.1, -0.05) is 19.9 Å². The molecule has 0 aromatic carbocycles. The lowest BCUT2D eigenvalue weighted by Crippen LogP contribution is -2.15. The third kappa shape index (κ3) is 4.36. The number of nitrogens with one attached hydrogen (secondary N) is 2. The zero-order chi connectivity index (χ0) is 21.4. The normalized spacial score (nSPS) is 22.9. The second kappa shape index (κ2) is 7.99. The van der Waals surface area contributed by atoms with Crippen LogP contribution in [-0.2, 0) is 17.6 Å². The van der Waals surface area contributed by atoms with Gasteiger partial charge in [0.15, 0.2) is 0 Å². The Morgan fingerprint density at radius 3 is 2.87 bits per heavy atom. The zero-order valence-electron chi connectivity index (χ0n) is 17.9. The highest BCUT2D eigenvalue weighted by molar-refractivity contribution is 6.19. The van der Waals surface area contributed by atoms with Gasteiger partial charge < -0.3 is 9.97 Å². The molecule has 5 heteroatoms. The molecule has 156 valence electrons. The van der Waals surface area contributed by atoms with E-state index in [0.717, 1.165) is 51.2 Å². The van der Waals surface area contributed by atoms with Crippen LogP contribution in [0.15, 0.2) is 64.3 Å². The maximum absolute atomic E-state index is 12.2. The number of aromatic amines is 2. The van der Waals surface area contributed by atoms with E-state index in [1.807, 2.05) is 32.1 Å². The van der Waals surface area contributed by atoms with Gasteiger partial charge in [-0.3, -0.25) is 9.79 Å². The molecule has 0 radical (unpaired) electrons. The number of carbonyl (C=O) groups is 1. The van der Waals surface area contributed by atoms with Gasteiger partial charge in [0, 0.05) is 40.8 Å². The summed E-state index contributed by atoms with van der Waals surface area (Å²) in [7, 11) is 0. The summed E-state index contributed by atoms with van der Waals surface area (Å²) in [5.41, 5.74) is 6.09. The number of ketones is 1. The summed E-state index contributed by atoms with van der Waals surface area (Å²) in [6.07, 6.45) is 16.5. The summed E-state index contributed by atoms with van der Waals surface area (Å²) in [5.74, 6) is 0.351. The molecule has 2 N–H and O–H groups in total. The topological polar surface area (TPSA) is 73.4 Å². The number of aliphatic imine (C=N–C) groups is 2. The number of hydrogen-bond acceptors (Lipinski definition) is 3. The number of rotatable bonds is 4. The van der Waals surface area contributed by atoms with E-state index in [1.54, 1.807) is 0 Å². The predicted octanol–water partition coefficient (Wildman–Crippen LogP) is 2.94. The second-order valence-electron chi connectivity index (χ2n) is 8.64. The fourth-order valence-electron chi connectivity index (χ4n) is 4.09.